The minimum atomic E-state index is -0.904. The van der Waals surface area contributed by atoms with Crippen LogP contribution in [0, 0.1) is 18.6 Å². The molecule has 5 nitrogen and oxygen atoms in total. The van der Waals surface area contributed by atoms with Crippen molar-refractivity contribution in [1.82, 2.24) is 15.3 Å². The molecule has 0 aliphatic heterocycles. The molecule has 0 spiro atoms. The van der Waals surface area contributed by atoms with Crippen LogP contribution in [-0.4, -0.2) is 22.5 Å². The molecule has 0 aliphatic carbocycles. The summed E-state index contributed by atoms with van der Waals surface area (Å²) in [4.78, 5) is 17.6. The lowest BCUT2D eigenvalue weighted by molar-refractivity contribution is 0.509. The molecule has 170 valence electrons. The highest BCUT2D eigenvalue weighted by molar-refractivity contribution is 6.04. The number of nitrogens with one attached hydrogen (secondary N) is 1. The maximum Gasteiger partial charge on any atom is 0.159 e. The average Bonchev–Trinajstić information content (AvgIpc) is 2.86. The van der Waals surface area contributed by atoms with Gasteiger partial charge in [0.15, 0.2) is 11.6 Å². The molecule has 0 aliphatic rings. The second kappa shape index (κ2) is 10.6. The molecular weight excluding hydrogens is 432 g/mol. The molecule has 4 rings (SSSR count). The summed E-state index contributed by atoms with van der Waals surface area (Å²) in [6.45, 7) is 6.46. The van der Waals surface area contributed by atoms with Gasteiger partial charge in [0.1, 0.15) is 5.84 Å². The zero-order chi connectivity index (χ0) is 23.9. The monoisotopic (exact) mass is 455 g/mol. The van der Waals surface area contributed by atoms with Gasteiger partial charge in [-0.1, -0.05) is 24.3 Å². The van der Waals surface area contributed by atoms with E-state index in [1.54, 1.807) is 24.5 Å². The smallest absolute Gasteiger partial charge is 0.159 e. The first-order chi connectivity index (χ1) is 16.5. The molecule has 7 heteroatoms. The van der Waals surface area contributed by atoms with Gasteiger partial charge >= 0.3 is 0 Å². The fourth-order valence-electron chi connectivity index (χ4n) is 3.49. The lowest BCUT2D eigenvalue weighted by Crippen LogP contribution is -2.25. The van der Waals surface area contributed by atoms with Crippen LogP contribution in [-0.2, 0) is 13.1 Å². The zero-order valence-corrected chi connectivity index (χ0v) is 18.7. The number of aromatic nitrogens is 2. The van der Waals surface area contributed by atoms with Crippen molar-refractivity contribution in [2.24, 2.45) is 9.98 Å². The van der Waals surface area contributed by atoms with Gasteiger partial charge in [-0.25, -0.2) is 8.78 Å². The van der Waals surface area contributed by atoms with E-state index in [0.29, 0.717) is 41.3 Å². The van der Waals surface area contributed by atoms with Crippen LogP contribution in [0.3, 0.4) is 0 Å². The van der Waals surface area contributed by atoms with Gasteiger partial charge in [0.05, 0.1) is 24.5 Å². The van der Waals surface area contributed by atoms with Crippen LogP contribution in [0.15, 0.2) is 89.1 Å². The molecule has 0 atom stereocenters. The van der Waals surface area contributed by atoms with Crippen molar-refractivity contribution in [3.8, 4) is 11.1 Å². The van der Waals surface area contributed by atoms with E-state index < -0.39 is 11.6 Å². The molecule has 0 saturated heterocycles. The number of halogens is 2. The molecule has 2 aromatic carbocycles. The third kappa shape index (κ3) is 5.56. The van der Waals surface area contributed by atoms with E-state index in [2.05, 4.69) is 27.0 Å². The van der Waals surface area contributed by atoms with Crippen molar-refractivity contribution < 1.29 is 8.78 Å². The van der Waals surface area contributed by atoms with Gasteiger partial charge < -0.3 is 5.32 Å². The largest absolute Gasteiger partial charge is 0.364 e. The number of aryl methyl sites for hydroxylation is 1. The number of hydrogen-bond acceptors (Lipinski definition) is 4. The SMILES string of the molecule is C=Nc1ccc(-c2ccc(F)c(F)c2)cc1C(=NCc1cccnc1)NCc1cccc(C)n1. The summed E-state index contributed by atoms with van der Waals surface area (Å²) in [6, 6.07) is 18.9. The highest BCUT2D eigenvalue weighted by atomic mass is 19.2. The topological polar surface area (TPSA) is 62.5 Å². The number of amidine groups is 1. The van der Waals surface area contributed by atoms with E-state index in [0.717, 1.165) is 23.0 Å². The third-order valence-electron chi connectivity index (χ3n) is 5.20. The highest BCUT2D eigenvalue weighted by Crippen LogP contribution is 2.28. The van der Waals surface area contributed by atoms with Crippen LogP contribution in [0.2, 0.25) is 0 Å². The molecule has 2 heterocycles. The number of aliphatic imine (C=N–C) groups is 2. The van der Waals surface area contributed by atoms with Gasteiger partial charge in [-0.15, -0.1) is 0 Å². The Balaban J connectivity index is 1.73. The number of rotatable bonds is 7. The molecule has 0 saturated carbocycles. The second-order valence-electron chi connectivity index (χ2n) is 7.67. The second-order valence-corrected chi connectivity index (χ2v) is 7.67. The lowest BCUT2D eigenvalue weighted by Gasteiger charge is -2.15. The molecular formula is C27H23F2N5. The van der Waals surface area contributed by atoms with Crippen LogP contribution >= 0.6 is 0 Å². The minimum Gasteiger partial charge on any atom is -0.364 e. The third-order valence-corrected chi connectivity index (χ3v) is 5.20. The van der Waals surface area contributed by atoms with Gasteiger partial charge in [0.2, 0.25) is 0 Å². The van der Waals surface area contributed by atoms with Gasteiger partial charge in [-0.3, -0.25) is 20.0 Å². The van der Waals surface area contributed by atoms with Gasteiger partial charge in [0, 0.05) is 23.7 Å². The van der Waals surface area contributed by atoms with Gasteiger partial charge in [0.25, 0.3) is 0 Å². The molecule has 0 fully saturated rings. The molecule has 0 unspecified atom stereocenters. The van der Waals surface area contributed by atoms with Gasteiger partial charge in [-0.2, -0.15) is 0 Å². The van der Waals surface area contributed by atoms with E-state index in [4.69, 9.17) is 4.99 Å². The normalized spacial score (nSPS) is 11.3. The summed E-state index contributed by atoms with van der Waals surface area (Å²) in [5.41, 5.74) is 5.27. The van der Waals surface area contributed by atoms with Crippen molar-refractivity contribution in [1.29, 1.82) is 0 Å². The summed E-state index contributed by atoms with van der Waals surface area (Å²) in [5.74, 6) is -1.21. The van der Waals surface area contributed by atoms with Crippen LogP contribution < -0.4 is 5.32 Å². The Morgan fingerprint density at radius 3 is 2.53 bits per heavy atom. The molecule has 1 N–H and O–H groups in total. The number of nitrogens with zero attached hydrogens (tertiary/aromatic N) is 4. The summed E-state index contributed by atoms with van der Waals surface area (Å²) in [7, 11) is 0. The van der Waals surface area contributed by atoms with E-state index in [1.165, 1.54) is 12.1 Å². The first-order valence-corrected chi connectivity index (χ1v) is 10.7. The predicted octanol–water partition coefficient (Wildman–Crippen LogP) is 5.80. The standard InChI is InChI=1S/C27H23F2N5/c1-18-5-3-7-22(34-18)17-33-27(32-16-19-6-4-12-31-15-19)23-13-20(9-11-26(23)30-2)21-8-10-24(28)25(29)14-21/h3-15H,2,16-17H2,1H3,(H,32,33). The fourth-order valence-corrected chi connectivity index (χ4v) is 3.49. The van der Waals surface area contributed by atoms with Crippen molar-refractivity contribution in [2.45, 2.75) is 20.0 Å². The molecule has 0 bridgehead atoms. The molecule has 4 aromatic rings. The maximum absolute atomic E-state index is 13.9. The summed E-state index contributed by atoms with van der Waals surface area (Å²) in [6.07, 6.45) is 3.47. The number of hydrogen-bond donors (Lipinski definition) is 1. The Labute approximate surface area is 197 Å². The summed E-state index contributed by atoms with van der Waals surface area (Å²) in [5, 5.41) is 3.37. The first-order valence-electron chi connectivity index (χ1n) is 10.7. The maximum atomic E-state index is 13.9. The van der Waals surface area contributed by atoms with E-state index in [-0.39, 0.29) is 0 Å². The van der Waals surface area contributed by atoms with Gasteiger partial charge in [-0.05, 0) is 72.8 Å². The minimum absolute atomic E-state index is 0.392. The molecule has 34 heavy (non-hydrogen) atoms. The van der Waals surface area contributed by atoms with Crippen LogP contribution in [0.25, 0.3) is 11.1 Å². The van der Waals surface area contributed by atoms with E-state index >= 15 is 0 Å². The molecule has 0 amide bonds. The average molecular weight is 456 g/mol. The first kappa shape index (κ1) is 22.9. The Bertz CT molecular complexity index is 1340. The summed E-state index contributed by atoms with van der Waals surface area (Å²) < 4.78 is 27.3. The zero-order valence-electron chi connectivity index (χ0n) is 18.7. The van der Waals surface area contributed by atoms with Crippen molar-refractivity contribution in [2.75, 3.05) is 0 Å². The quantitative estimate of drug-likeness (QED) is 0.283. The Morgan fingerprint density at radius 1 is 0.971 bits per heavy atom. The van der Waals surface area contributed by atoms with Crippen LogP contribution in [0.5, 0.6) is 0 Å². The lowest BCUT2D eigenvalue weighted by atomic mass is 10.0. The van der Waals surface area contributed by atoms with Crippen molar-refractivity contribution >= 4 is 18.2 Å². The fraction of sp³-hybridized carbons (Fsp3) is 0.111. The van der Waals surface area contributed by atoms with E-state index in [9.17, 15) is 8.78 Å². The Morgan fingerprint density at radius 2 is 1.79 bits per heavy atom. The summed E-state index contributed by atoms with van der Waals surface area (Å²) >= 11 is 0. The predicted molar refractivity (Wildman–Crippen MR) is 131 cm³/mol. The Kier molecular flexibility index (Phi) is 7.13. The number of pyridine rings is 2. The van der Waals surface area contributed by atoms with E-state index in [1.807, 2.05) is 43.3 Å². The van der Waals surface area contributed by atoms with Crippen molar-refractivity contribution in [3.63, 3.8) is 0 Å². The Hall–Kier alpha value is -4.26. The van der Waals surface area contributed by atoms with Crippen molar-refractivity contribution in [3.05, 3.63) is 113 Å². The van der Waals surface area contributed by atoms with Crippen LogP contribution in [0.1, 0.15) is 22.5 Å². The molecule has 2 aromatic heterocycles. The highest BCUT2D eigenvalue weighted by Gasteiger charge is 2.13. The number of benzene rings is 2. The molecule has 0 radical (unpaired) electrons. The van der Waals surface area contributed by atoms with Crippen LogP contribution in [0.4, 0.5) is 14.5 Å².